The largest absolute Gasteiger partial charge is 0.384 e. The van der Waals surface area contributed by atoms with Crippen molar-refractivity contribution in [1.29, 1.82) is 0 Å². The van der Waals surface area contributed by atoms with E-state index in [9.17, 15) is 8.42 Å². The summed E-state index contributed by atoms with van der Waals surface area (Å²) in [6.45, 7) is 0.153. The molecular weight excluding hydrogens is 226 g/mol. The minimum atomic E-state index is -3.35. The third-order valence-electron chi connectivity index (χ3n) is 1.42. The van der Waals surface area contributed by atoms with Gasteiger partial charge in [0.05, 0.1) is 12.4 Å². The molecule has 6 nitrogen and oxygen atoms in total. The second kappa shape index (κ2) is 4.67. The van der Waals surface area contributed by atoms with Gasteiger partial charge in [0.1, 0.15) is 0 Å². The fraction of sp³-hybridized carbons (Fsp3) is 0.667. The lowest BCUT2D eigenvalue weighted by Gasteiger charge is -1.97. The highest BCUT2D eigenvalue weighted by Gasteiger charge is 2.19. The molecule has 0 unspecified atom stereocenters. The molecule has 0 aliphatic rings. The van der Waals surface area contributed by atoms with E-state index in [-0.39, 0.29) is 22.6 Å². The Balaban J connectivity index is 2.81. The van der Waals surface area contributed by atoms with Gasteiger partial charge in [-0.3, -0.25) is 5.32 Å². The summed E-state index contributed by atoms with van der Waals surface area (Å²) in [4.78, 5) is 3.75. The fourth-order valence-electron chi connectivity index (χ4n) is 0.700. The van der Waals surface area contributed by atoms with Gasteiger partial charge in [0, 0.05) is 25.7 Å². The summed E-state index contributed by atoms with van der Waals surface area (Å²) in [7, 11) is -0.397. The molecule has 0 atom stereocenters. The summed E-state index contributed by atoms with van der Waals surface area (Å²) in [5.41, 5.74) is 0. The van der Waals surface area contributed by atoms with Gasteiger partial charge >= 0.3 is 0 Å². The molecule has 1 rings (SSSR count). The van der Waals surface area contributed by atoms with Gasteiger partial charge in [0.25, 0.3) is 5.95 Å². The van der Waals surface area contributed by atoms with Gasteiger partial charge in [-0.05, 0) is 0 Å². The van der Waals surface area contributed by atoms with E-state index in [0.717, 1.165) is 11.5 Å². The van der Waals surface area contributed by atoms with Crippen LogP contribution in [0.1, 0.15) is 0 Å². The van der Waals surface area contributed by atoms with Crippen LogP contribution in [0.5, 0.6) is 0 Å². The van der Waals surface area contributed by atoms with E-state index in [0.29, 0.717) is 0 Å². The Labute approximate surface area is 86.4 Å². The molecule has 0 aromatic carbocycles. The molecular formula is C6H10N3O3S2. The zero-order chi connectivity index (χ0) is 10.6. The summed E-state index contributed by atoms with van der Waals surface area (Å²) < 4.78 is 31.4. The van der Waals surface area contributed by atoms with Crippen LogP contribution >= 0.6 is 11.5 Å². The maximum Gasteiger partial charge on any atom is 0.257 e. The first kappa shape index (κ1) is 11.3. The number of hydrogen-bond donors (Lipinski definition) is 0. The summed E-state index contributed by atoms with van der Waals surface area (Å²) in [5.74, 6) is 0.118. The molecule has 0 saturated heterocycles. The van der Waals surface area contributed by atoms with Crippen LogP contribution in [0.15, 0.2) is 4.34 Å². The first-order chi connectivity index (χ1) is 6.60. The van der Waals surface area contributed by atoms with Crippen LogP contribution in [0.25, 0.3) is 0 Å². The molecule has 1 aromatic heterocycles. The molecule has 1 radical (unpaired) electrons. The summed E-state index contributed by atoms with van der Waals surface area (Å²) >= 11 is 0.833. The normalized spacial score (nSPS) is 11.6. The Hall–Kier alpha value is -0.730. The molecule has 79 valence electrons. The number of aromatic nitrogens is 2. The summed E-state index contributed by atoms with van der Waals surface area (Å²) in [6, 6.07) is 0. The van der Waals surface area contributed by atoms with Crippen molar-refractivity contribution in [3.63, 3.8) is 0 Å². The van der Waals surface area contributed by atoms with E-state index in [1.165, 1.54) is 14.2 Å². The monoisotopic (exact) mass is 236 g/mol. The Morgan fingerprint density at radius 2 is 2.29 bits per heavy atom. The molecule has 0 N–H and O–H groups in total. The molecule has 0 bridgehead atoms. The quantitative estimate of drug-likeness (QED) is 0.708. The lowest BCUT2D eigenvalue weighted by Crippen LogP contribution is -2.11. The average molecular weight is 236 g/mol. The van der Waals surface area contributed by atoms with Gasteiger partial charge in [0.15, 0.2) is 0 Å². The van der Waals surface area contributed by atoms with Gasteiger partial charge in [-0.1, -0.05) is 0 Å². The lowest BCUT2D eigenvalue weighted by atomic mass is 10.9. The van der Waals surface area contributed by atoms with Crippen LogP contribution in [0.4, 0.5) is 5.95 Å². The number of hydrogen-bond acceptors (Lipinski definition) is 6. The van der Waals surface area contributed by atoms with Crippen LogP contribution in [0.2, 0.25) is 0 Å². The molecule has 1 aromatic rings. The van der Waals surface area contributed by atoms with Crippen molar-refractivity contribution >= 4 is 27.3 Å². The van der Waals surface area contributed by atoms with Gasteiger partial charge in [-0.2, -0.15) is 9.36 Å². The van der Waals surface area contributed by atoms with E-state index in [1.807, 2.05) is 0 Å². The molecule has 0 amide bonds. The minimum absolute atomic E-state index is 0.00449. The standard InChI is InChI=1S/C6H10N3O3S2/c1-7-5-8-6(13-9-5)14(10,11)4-3-12-2/h3-4H2,1-2H3. The van der Waals surface area contributed by atoms with Gasteiger partial charge in [0.2, 0.25) is 14.2 Å². The molecule has 0 saturated carbocycles. The molecule has 14 heavy (non-hydrogen) atoms. The maximum absolute atomic E-state index is 11.5. The number of ether oxygens (including phenoxy) is 1. The summed E-state index contributed by atoms with van der Waals surface area (Å²) in [6.07, 6.45) is 0. The topological polar surface area (TPSA) is 83.2 Å². The first-order valence-corrected chi connectivity index (χ1v) is 6.18. The van der Waals surface area contributed by atoms with E-state index in [4.69, 9.17) is 0 Å². The second-order valence-corrected chi connectivity index (χ2v) is 5.43. The number of nitrogens with zero attached hydrogens (tertiary/aromatic N) is 3. The molecule has 0 aliphatic heterocycles. The Bertz CT molecular complexity index is 387. The Morgan fingerprint density at radius 3 is 2.79 bits per heavy atom. The van der Waals surface area contributed by atoms with Crippen molar-refractivity contribution in [2.24, 2.45) is 0 Å². The SMILES string of the molecule is C[N]c1nsc(S(=O)(=O)CCOC)n1. The molecule has 1 heterocycles. The van der Waals surface area contributed by atoms with Crippen LogP contribution in [0, 0.1) is 0 Å². The second-order valence-electron chi connectivity index (χ2n) is 2.40. The average Bonchev–Trinajstić information content (AvgIpc) is 2.63. The van der Waals surface area contributed by atoms with Gasteiger partial charge in [-0.25, -0.2) is 8.42 Å². The van der Waals surface area contributed by atoms with Crippen molar-refractivity contribution < 1.29 is 13.2 Å². The van der Waals surface area contributed by atoms with Crippen LogP contribution < -0.4 is 5.32 Å². The van der Waals surface area contributed by atoms with Crippen molar-refractivity contribution in [1.82, 2.24) is 14.7 Å². The zero-order valence-corrected chi connectivity index (χ0v) is 9.43. The molecule has 0 fully saturated rings. The van der Waals surface area contributed by atoms with Gasteiger partial charge < -0.3 is 4.74 Å². The third kappa shape index (κ3) is 2.63. The lowest BCUT2D eigenvalue weighted by molar-refractivity contribution is 0.217. The number of sulfone groups is 1. The number of methoxy groups -OCH3 is 1. The van der Waals surface area contributed by atoms with E-state index >= 15 is 0 Å². The highest BCUT2D eigenvalue weighted by atomic mass is 32.2. The van der Waals surface area contributed by atoms with Crippen molar-refractivity contribution in [3.05, 3.63) is 0 Å². The van der Waals surface area contributed by atoms with Crippen LogP contribution in [-0.2, 0) is 14.6 Å². The van der Waals surface area contributed by atoms with Crippen molar-refractivity contribution in [3.8, 4) is 0 Å². The smallest absolute Gasteiger partial charge is 0.257 e. The van der Waals surface area contributed by atoms with E-state index < -0.39 is 9.84 Å². The predicted molar refractivity (Wildman–Crippen MR) is 51.6 cm³/mol. The van der Waals surface area contributed by atoms with Gasteiger partial charge in [-0.15, -0.1) is 0 Å². The molecule has 0 aliphatic carbocycles. The first-order valence-electron chi connectivity index (χ1n) is 3.75. The minimum Gasteiger partial charge on any atom is -0.384 e. The predicted octanol–water partition coefficient (Wildman–Crippen LogP) is -0.176. The van der Waals surface area contributed by atoms with E-state index in [1.54, 1.807) is 0 Å². The van der Waals surface area contributed by atoms with Crippen molar-refractivity contribution in [2.75, 3.05) is 26.5 Å². The van der Waals surface area contributed by atoms with Crippen LogP contribution in [-0.4, -0.2) is 44.3 Å². The van der Waals surface area contributed by atoms with E-state index in [2.05, 4.69) is 19.4 Å². The Kier molecular flexibility index (Phi) is 3.78. The van der Waals surface area contributed by atoms with Crippen molar-refractivity contribution in [2.45, 2.75) is 4.34 Å². The Morgan fingerprint density at radius 1 is 1.57 bits per heavy atom. The maximum atomic E-state index is 11.5. The third-order valence-corrected chi connectivity index (χ3v) is 4.23. The fourth-order valence-corrected chi connectivity index (χ4v) is 2.70. The highest BCUT2D eigenvalue weighted by Crippen LogP contribution is 2.15. The number of rotatable bonds is 5. The summed E-state index contributed by atoms with van der Waals surface area (Å²) in [5, 5.41) is 3.68. The highest BCUT2D eigenvalue weighted by molar-refractivity contribution is 7.93. The molecule has 8 heteroatoms. The van der Waals surface area contributed by atoms with Crippen LogP contribution in [0.3, 0.4) is 0 Å². The molecule has 0 spiro atoms. The zero-order valence-electron chi connectivity index (χ0n) is 7.80.